The quantitative estimate of drug-likeness (QED) is 0.714. The molecule has 4 saturated carbocycles. The van der Waals surface area contributed by atoms with E-state index in [-0.39, 0.29) is 29.2 Å². The minimum absolute atomic E-state index is 0.0706. The second-order valence-electron chi connectivity index (χ2n) is 8.70. The molecule has 0 radical (unpaired) electrons. The number of rotatable bonds is 3. The van der Waals surface area contributed by atoms with Crippen LogP contribution in [0.4, 0.5) is 0 Å². The number of hydrazine groups is 1. The zero-order chi connectivity index (χ0) is 17.3. The van der Waals surface area contributed by atoms with Gasteiger partial charge >= 0.3 is 0 Å². The monoisotopic (exact) mass is 348 g/mol. The smallest absolute Gasteiger partial charge is 0.170 e. The second-order valence-corrected chi connectivity index (χ2v) is 8.70. The molecule has 1 saturated heterocycles. The number of hydrogen-bond acceptors (Lipinski definition) is 7. The van der Waals surface area contributed by atoms with Crippen LogP contribution in [0.3, 0.4) is 0 Å². The van der Waals surface area contributed by atoms with Crippen molar-refractivity contribution in [3.63, 3.8) is 0 Å². The van der Waals surface area contributed by atoms with Crippen molar-refractivity contribution in [2.75, 3.05) is 13.2 Å². The zero-order valence-corrected chi connectivity index (χ0v) is 14.3. The van der Waals surface area contributed by atoms with Gasteiger partial charge in [0, 0.05) is 62.4 Å². The van der Waals surface area contributed by atoms with Gasteiger partial charge in [0.1, 0.15) is 17.3 Å². The summed E-state index contributed by atoms with van der Waals surface area (Å²) in [4.78, 5) is 36.1. The molecule has 7 heteroatoms. The molecule has 0 aromatic carbocycles. The largest absolute Gasteiger partial charge is 0.347 e. The molecule has 0 unspecified atom stereocenters. The van der Waals surface area contributed by atoms with Crippen LogP contribution in [0.5, 0.6) is 0 Å². The predicted octanol–water partition coefficient (Wildman–Crippen LogP) is 0.416. The van der Waals surface area contributed by atoms with Gasteiger partial charge in [-0.1, -0.05) is 0 Å². The maximum Gasteiger partial charge on any atom is 0.170 e. The molecule has 2 N–H and O–H groups in total. The van der Waals surface area contributed by atoms with Crippen molar-refractivity contribution >= 4 is 17.3 Å². The Morgan fingerprint density at radius 2 is 1.28 bits per heavy atom. The predicted molar refractivity (Wildman–Crippen MR) is 85.3 cm³/mol. The Bertz CT molecular complexity index is 636. The Morgan fingerprint density at radius 1 is 0.760 bits per heavy atom. The van der Waals surface area contributed by atoms with Crippen molar-refractivity contribution in [3.8, 4) is 0 Å². The Kier molecular flexibility index (Phi) is 3.33. The SMILES string of the molecule is O=C1CC2CC(=O)CC2(NN[C@@]23CC(=O)C[C@@H]2CC2(C3)OCCO2)C1. The second kappa shape index (κ2) is 5.19. The molecule has 0 aromatic heterocycles. The number of carbonyl (C=O) groups excluding carboxylic acids is 3. The average molecular weight is 348 g/mol. The number of carbonyl (C=O) groups is 3. The van der Waals surface area contributed by atoms with E-state index in [1.807, 2.05) is 0 Å². The van der Waals surface area contributed by atoms with Gasteiger partial charge in [0.15, 0.2) is 5.79 Å². The van der Waals surface area contributed by atoms with E-state index in [1.165, 1.54) is 0 Å². The van der Waals surface area contributed by atoms with Crippen LogP contribution in [-0.4, -0.2) is 47.4 Å². The van der Waals surface area contributed by atoms with Crippen molar-refractivity contribution in [1.29, 1.82) is 0 Å². The molecule has 4 aliphatic carbocycles. The average Bonchev–Trinajstić information content (AvgIpc) is 3.26. The van der Waals surface area contributed by atoms with Crippen LogP contribution in [-0.2, 0) is 23.9 Å². The molecule has 5 aliphatic rings. The standard InChI is InChI=1S/C18H24N2O5/c21-13-3-11-4-14(22)8-16(11,7-13)19-20-17-9-15(23)5-12(17)6-18(10-17)24-1-2-25-18/h11-12,19-20H,1-10H2/t11?,12-,16?,17-/m1/s1. The Hall–Kier alpha value is -1.15. The minimum atomic E-state index is -0.575. The number of Topliss-reactive ketones (excluding diaryl/α,β-unsaturated/α-hetero) is 3. The van der Waals surface area contributed by atoms with E-state index in [0.717, 1.165) is 6.42 Å². The molecule has 1 aliphatic heterocycles. The third kappa shape index (κ3) is 2.36. The van der Waals surface area contributed by atoms with Crippen molar-refractivity contribution in [3.05, 3.63) is 0 Å². The highest BCUT2D eigenvalue weighted by molar-refractivity contribution is 5.91. The lowest BCUT2D eigenvalue weighted by atomic mass is 9.89. The van der Waals surface area contributed by atoms with E-state index >= 15 is 0 Å². The van der Waals surface area contributed by atoms with Crippen LogP contribution in [0, 0.1) is 11.8 Å². The van der Waals surface area contributed by atoms with E-state index < -0.39 is 16.9 Å². The summed E-state index contributed by atoms with van der Waals surface area (Å²) in [6.07, 6.45) is 4.08. The van der Waals surface area contributed by atoms with Crippen LogP contribution in [0.2, 0.25) is 0 Å². The minimum Gasteiger partial charge on any atom is -0.347 e. The summed E-state index contributed by atoms with van der Waals surface area (Å²) >= 11 is 0. The first-order valence-corrected chi connectivity index (χ1v) is 9.30. The third-order valence-corrected chi connectivity index (χ3v) is 7.04. The fourth-order valence-corrected chi connectivity index (χ4v) is 6.00. The summed E-state index contributed by atoms with van der Waals surface area (Å²) in [6, 6.07) is 0. The van der Waals surface area contributed by atoms with Gasteiger partial charge in [-0.25, -0.2) is 5.43 Å². The number of fused-ring (bicyclic) bond motifs is 2. The molecular formula is C18H24N2O5. The summed E-state index contributed by atoms with van der Waals surface area (Å²) in [5.74, 6) is 0.346. The van der Waals surface area contributed by atoms with Gasteiger partial charge in [0.2, 0.25) is 0 Å². The first kappa shape index (κ1) is 16.1. The van der Waals surface area contributed by atoms with Gasteiger partial charge in [0.05, 0.1) is 13.2 Å². The lowest BCUT2D eigenvalue weighted by Crippen LogP contribution is -2.62. The van der Waals surface area contributed by atoms with Crippen LogP contribution < -0.4 is 10.9 Å². The lowest BCUT2D eigenvalue weighted by Gasteiger charge is -2.38. The summed E-state index contributed by atoms with van der Waals surface area (Å²) in [6.45, 7) is 1.19. The van der Waals surface area contributed by atoms with Gasteiger partial charge < -0.3 is 9.47 Å². The van der Waals surface area contributed by atoms with Crippen molar-refractivity contribution in [2.45, 2.75) is 68.2 Å². The Labute approximate surface area is 146 Å². The first-order valence-electron chi connectivity index (χ1n) is 9.30. The highest BCUT2D eigenvalue weighted by Crippen LogP contribution is 2.54. The summed E-state index contributed by atoms with van der Waals surface area (Å²) in [5, 5.41) is 0. The van der Waals surface area contributed by atoms with Crippen LogP contribution in [0.15, 0.2) is 0 Å². The van der Waals surface area contributed by atoms with Crippen LogP contribution in [0.25, 0.3) is 0 Å². The fourth-order valence-electron chi connectivity index (χ4n) is 6.00. The number of nitrogens with one attached hydrogen (secondary N) is 2. The molecule has 5 rings (SSSR count). The number of ketones is 3. The van der Waals surface area contributed by atoms with Crippen LogP contribution >= 0.6 is 0 Å². The van der Waals surface area contributed by atoms with Crippen molar-refractivity contribution < 1.29 is 23.9 Å². The van der Waals surface area contributed by atoms with Crippen LogP contribution in [0.1, 0.15) is 51.4 Å². The van der Waals surface area contributed by atoms with E-state index in [4.69, 9.17) is 9.47 Å². The number of hydrogen-bond donors (Lipinski definition) is 2. The molecule has 2 atom stereocenters. The van der Waals surface area contributed by atoms with Crippen molar-refractivity contribution in [2.24, 2.45) is 11.8 Å². The molecule has 136 valence electrons. The van der Waals surface area contributed by atoms with Gasteiger partial charge in [-0.3, -0.25) is 19.8 Å². The highest BCUT2D eigenvalue weighted by Gasteiger charge is 2.62. The topological polar surface area (TPSA) is 93.7 Å². The van der Waals surface area contributed by atoms with E-state index in [2.05, 4.69) is 10.9 Å². The third-order valence-electron chi connectivity index (χ3n) is 7.04. The molecule has 1 heterocycles. The Balaban J connectivity index is 1.38. The lowest BCUT2D eigenvalue weighted by molar-refractivity contribution is -0.158. The maximum atomic E-state index is 12.1. The molecule has 25 heavy (non-hydrogen) atoms. The molecule has 1 spiro atoms. The molecule has 7 nitrogen and oxygen atoms in total. The van der Waals surface area contributed by atoms with Gasteiger partial charge in [-0.2, -0.15) is 0 Å². The first-order chi connectivity index (χ1) is 11.9. The summed E-state index contributed by atoms with van der Waals surface area (Å²) < 4.78 is 11.8. The molecule has 0 aromatic rings. The molecular weight excluding hydrogens is 324 g/mol. The van der Waals surface area contributed by atoms with Gasteiger partial charge in [0.25, 0.3) is 0 Å². The van der Waals surface area contributed by atoms with Crippen molar-refractivity contribution in [1.82, 2.24) is 10.9 Å². The molecule has 0 amide bonds. The summed E-state index contributed by atoms with van der Waals surface area (Å²) in [7, 11) is 0. The molecule has 5 fully saturated rings. The highest BCUT2D eigenvalue weighted by atomic mass is 16.7. The maximum absolute atomic E-state index is 12.1. The van der Waals surface area contributed by atoms with E-state index in [1.54, 1.807) is 0 Å². The number of ether oxygens (including phenoxy) is 2. The summed E-state index contributed by atoms with van der Waals surface area (Å²) in [5.41, 5.74) is 5.96. The fraction of sp³-hybridized carbons (Fsp3) is 0.833. The molecule has 0 bridgehead atoms. The normalized spacial score (nSPS) is 44.9. The van der Waals surface area contributed by atoms with Gasteiger partial charge in [-0.05, 0) is 11.8 Å². The Morgan fingerprint density at radius 3 is 1.92 bits per heavy atom. The van der Waals surface area contributed by atoms with E-state index in [9.17, 15) is 14.4 Å². The van der Waals surface area contributed by atoms with E-state index in [0.29, 0.717) is 58.2 Å². The zero-order valence-electron chi connectivity index (χ0n) is 14.3. The van der Waals surface area contributed by atoms with Gasteiger partial charge in [-0.15, -0.1) is 0 Å².